The summed E-state index contributed by atoms with van der Waals surface area (Å²) < 4.78 is 6.02. The summed E-state index contributed by atoms with van der Waals surface area (Å²) in [7, 11) is 0. The zero-order chi connectivity index (χ0) is 24.6. The maximum absolute atomic E-state index is 10.4. The van der Waals surface area contributed by atoms with Gasteiger partial charge in [0.15, 0.2) is 0 Å². The Bertz CT molecular complexity index is 920. The predicted octanol–water partition coefficient (Wildman–Crippen LogP) is 5.79. The van der Waals surface area contributed by atoms with Gasteiger partial charge in [-0.15, -0.1) is 0 Å². The summed E-state index contributed by atoms with van der Waals surface area (Å²) in [6.07, 6.45) is 6.60. The van der Waals surface area contributed by atoms with Gasteiger partial charge in [-0.3, -0.25) is 0 Å². The second-order valence-electron chi connectivity index (χ2n) is 9.91. The molecule has 0 saturated heterocycles. The van der Waals surface area contributed by atoms with Crippen LogP contribution in [0.2, 0.25) is 0 Å². The van der Waals surface area contributed by atoms with Crippen LogP contribution in [0.3, 0.4) is 0 Å². The second-order valence-corrected chi connectivity index (χ2v) is 9.91. The van der Waals surface area contributed by atoms with Crippen LogP contribution in [0.4, 0.5) is 0 Å². The van der Waals surface area contributed by atoms with Crippen molar-refractivity contribution in [3.8, 4) is 5.75 Å². The molecule has 0 aliphatic heterocycles. The second kappa shape index (κ2) is 11.8. The first-order valence-corrected chi connectivity index (χ1v) is 12.1. The molecule has 1 atom stereocenters. The minimum Gasteiger partial charge on any atom is -0.491 e. The quantitative estimate of drug-likeness (QED) is 0.402. The maximum Gasteiger partial charge on any atom is 0.122 e. The van der Waals surface area contributed by atoms with E-state index in [1.54, 1.807) is 0 Å². The van der Waals surface area contributed by atoms with Crippen LogP contribution in [0.1, 0.15) is 82.2 Å². The van der Waals surface area contributed by atoms with Gasteiger partial charge < -0.3 is 20.1 Å². The molecule has 0 aromatic heterocycles. The van der Waals surface area contributed by atoms with Crippen molar-refractivity contribution in [2.75, 3.05) is 6.61 Å². The summed E-state index contributed by atoms with van der Waals surface area (Å²) in [5.41, 5.74) is 4.57. The Morgan fingerprint density at radius 2 is 1.55 bits per heavy atom. The first-order valence-electron chi connectivity index (χ1n) is 12.1. The molecule has 2 aromatic carbocycles. The molecule has 4 heteroatoms. The lowest BCUT2D eigenvalue weighted by atomic mass is 9.74. The summed E-state index contributed by atoms with van der Waals surface area (Å²) >= 11 is 0. The van der Waals surface area contributed by atoms with E-state index in [1.807, 2.05) is 45.0 Å². The molecule has 33 heavy (non-hydrogen) atoms. The molecule has 0 heterocycles. The molecule has 1 unspecified atom stereocenters. The van der Waals surface area contributed by atoms with E-state index in [1.165, 1.54) is 5.56 Å². The zero-order valence-corrected chi connectivity index (χ0v) is 21.2. The van der Waals surface area contributed by atoms with E-state index in [2.05, 4.69) is 45.1 Å². The minimum atomic E-state index is -0.531. The van der Waals surface area contributed by atoms with E-state index in [4.69, 9.17) is 4.74 Å². The van der Waals surface area contributed by atoms with Crippen molar-refractivity contribution >= 4 is 6.08 Å². The highest BCUT2D eigenvalue weighted by Crippen LogP contribution is 2.37. The SMILES string of the molecule is CCc1cc(C(C=Cc2ccc(CO)c(CO)c2)(CC)CC)ccc1OCC(O)C(C)(C)C. The fraction of sp³-hybridized carbons (Fsp3) is 0.517. The Hall–Kier alpha value is -2.14. The van der Waals surface area contributed by atoms with Gasteiger partial charge in [-0.1, -0.05) is 78.0 Å². The van der Waals surface area contributed by atoms with Gasteiger partial charge in [-0.05, 0) is 64.6 Å². The molecule has 4 nitrogen and oxygen atoms in total. The molecule has 0 fully saturated rings. The fourth-order valence-electron chi connectivity index (χ4n) is 4.02. The van der Waals surface area contributed by atoms with Crippen LogP contribution in [0.5, 0.6) is 5.75 Å². The minimum absolute atomic E-state index is 0.0747. The first kappa shape index (κ1) is 27.1. The lowest BCUT2D eigenvalue weighted by Crippen LogP contribution is -2.32. The number of allylic oxidation sites excluding steroid dienone is 1. The van der Waals surface area contributed by atoms with Crippen molar-refractivity contribution in [2.45, 2.75) is 85.5 Å². The number of hydrogen-bond acceptors (Lipinski definition) is 4. The summed E-state index contributed by atoms with van der Waals surface area (Å²) in [5, 5.41) is 29.4. The van der Waals surface area contributed by atoms with Gasteiger partial charge >= 0.3 is 0 Å². The molecule has 0 aliphatic carbocycles. The lowest BCUT2D eigenvalue weighted by molar-refractivity contribution is 0.0215. The van der Waals surface area contributed by atoms with E-state index < -0.39 is 6.10 Å². The summed E-state index contributed by atoms with van der Waals surface area (Å²) in [5.74, 6) is 0.835. The van der Waals surface area contributed by atoms with Crippen LogP contribution in [0.25, 0.3) is 6.08 Å². The van der Waals surface area contributed by atoms with Gasteiger partial charge in [0.2, 0.25) is 0 Å². The van der Waals surface area contributed by atoms with Crippen molar-refractivity contribution in [3.63, 3.8) is 0 Å². The Morgan fingerprint density at radius 1 is 0.879 bits per heavy atom. The van der Waals surface area contributed by atoms with Gasteiger partial charge in [0.05, 0.1) is 19.3 Å². The van der Waals surface area contributed by atoms with Crippen molar-refractivity contribution in [3.05, 3.63) is 70.3 Å². The monoisotopic (exact) mass is 454 g/mol. The Labute approximate surface area is 199 Å². The van der Waals surface area contributed by atoms with Crippen LogP contribution in [-0.2, 0) is 25.0 Å². The third kappa shape index (κ3) is 6.69. The number of benzene rings is 2. The van der Waals surface area contributed by atoms with Crippen LogP contribution < -0.4 is 4.74 Å². The van der Waals surface area contributed by atoms with Crippen LogP contribution in [0.15, 0.2) is 42.5 Å². The molecule has 0 bridgehead atoms. The third-order valence-corrected chi connectivity index (χ3v) is 6.84. The molecule has 0 aliphatic rings. The van der Waals surface area contributed by atoms with Gasteiger partial charge in [0.1, 0.15) is 12.4 Å². The Morgan fingerprint density at radius 3 is 2.09 bits per heavy atom. The normalized spacial score (nSPS) is 13.5. The average Bonchev–Trinajstić information content (AvgIpc) is 2.82. The van der Waals surface area contributed by atoms with Crippen molar-refractivity contribution in [1.82, 2.24) is 0 Å². The van der Waals surface area contributed by atoms with E-state index in [0.29, 0.717) is 0 Å². The maximum atomic E-state index is 10.4. The number of hydrogen-bond donors (Lipinski definition) is 3. The van der Waals surface area contributed by atoms with E-state index in [-0.39, 0.29) is 30.7 Å². The highest BCUT2D eigenvalue weighted by atomic mass is 16.5. The molecular formula is C29H42O4. The van der Waals surface area contributed by atoms with Gasteiger partial charge in [0.25, 0.3) is 0 Å². The van der Waals surface area contributed by atoms with Crippen LogP contribution in [-0.4, -0.2) is 28.0 Å². The average molecular weight is 455 g/mol. The highest BCUT2D eigenvalue weighted by molar-refractivity contribution is 5.55. The van der Waals surface area contributed by atoms with E-state index in [9.17, 15) is 15.3 Å². The van der Waals surface area contributed by atoms with E-state index in [0.717, 1.165) is 47.3 Å². The molecule has 0 radical (unpaired) electrons. The number of aryl methyl sites for hydroxylation is 1. The van der Waals surface area contributed by atoms with E-state index >= 15 is 0 Å². The molecule has 0 spiro atoms. The number of aliphatic hydroxyl groups excluding tert-OH is 3. The van der Waals surface area contributed by atoms with Gasteiger partial charge in [0, 0.05) is 5.41 Å². The lowest BCUT2D eigenvalue weighted by Gasteiger charge is -2.30. The molecule has 2 rings (SSSR count). The highest BCUT2D eigenvalue weighted by Gasteiger charge is 2.27. The smallest absolute Gasteiger partial charge is 0.122 e. The Balaban J connectivity index is 2.34. The summed E-state index contributed by atoms with van der Waals surface area (Å²) in [6.45, 7) is 12.7. The third-order valence-electron chi connectivity index (χ3n) is 6.84. The first-order chi connectivity index (χ1) is 15.6. The molecule has 0 amide bonds. The number of aliphatic hydroxyl groups is 3. The molecule has 3 N–H and O–H groups in total. The van der Waals surface area contributed by atoms with Crippen molar-refractivity contribution in [2.24, 2.45) is 5.41 Å². The predicted molar refractivity (Wildman–Crippen MR) is 136 cm³/mol. The topological polar surface area (TPSA) is 69.9 Å². The standard InChI is InChI=1S/C29H42O4/c1-7-22-17-25(12-13-26(22)33-20-27(32)28(4,5)6)29(8-2,9-3)15-14-21-10-11-23(18-30)24(16-21)19-31/h10-17,27,30-32H,7-9,18-20H2,1-6H3. The zero-order valence-electron chi connectivity index (χ0n) is 21.2. The fourth-order valence-corrected chi connectivity index (χ4v) is 4.02. The Kier molecular flexibility index (Phi) is 9.71. The molecule has 0 saturated carbocycles. The summed E-state index contributed by atoms with van der Waals surface area (Å²) in [4.78, 5) is 0. The number of ether oxygens (including phenoxy) is 1. The number of rotatable bonds is 11. The largest absolute Gasteiger partial charge is 0.491 e. The van der Waals surface area contributed by atoms with Crippen LogP contribution in [0, 0.1) is 5.41 Å². The van der Waals surface area contributed by atoms with Crippen molar-refractivity contribution < 1.29 is 20.1 Å². The summed E-state index contributed by atoms with van der Waals surface area (Å²) in [6, 6.07) is 12.2. The van der Waals surface area contributed by atoms with Gasteiger partial charge in [-0.25, -0.2) is 0 Å². The van der Waals surface area contributed by atoms with Crippen LogP contribution >= 0.6 is 0 Å². The van der Waals surface area contributed by atoms with Gasteiger partial charge in [-0.2, -0.15) is 0 Å². The van der Waals surface area contributed by atoms with Crippen molar-refractivity contribution in [1.29, 1.82) is 0 Å². The molecule has 2 aromatic rings. The molecule has 182 valence electrons. The molecular weight excluding hydrogens is 412 g/mol.